The molecule has 0 bridgehead atoms. The highest BCUT2D eigenvalue weighted by Crippen LogP contribution is 2.35. The predicted octanol–water partition coefficient (Wildman–Crippen LogP) is 4.42. The monoisotopic (exact) mass is 288 g/mol. The number of allylic oxidation sites excluding steroid dienone is 1. The molecule has 0 heterocycles. The van der Waals surface area contributed by atoms with Gasteiger partial charge in [-0.15, -0.1) is 0 Å². The van der Waals surface area contributed by atoms with Crippen LogP contribution in [0.2, 0.25) is 0 Å². The fraction of sp³-hybridized carbons (Fsp3) is 0.500. The highest BCUT2D eigenvalue weighted by molar-refractivity contribution is 5.97. The number of Topliss-reactive ketones (excluding diaryl/α,β-unsaturated/α-hetero) is 1. The van der Waals surface area contributed by atoms with Crippen molar-refractivity contribution in [3.05, 3.63) is 34.9 Å². The molecule has 1 atom stereocenters. The summed E-state index contributed by atoms with van der Waals surface area (Å²) < 4.78 is 6.13. The van der Waals surface area contributed by atoms with Crippen LogP contribution in [0.15, 0.2) is 23.8 Å². The van der Waals surface area contributed by atoms with Crippen molar-refractivity contribution in [1.29, 1.82) is 0 Å². The molecule has 114 valence electrons. The van der Waals surface area contributed by atoms with E-state index in [-0.39, 0.29) is 17.6 Å². The Hall–Kier alpha value is -1.77. The maximum Gasteiger partial charge on any atom is 0.163 e. The lowest BCUT2D eigenvalue weighted by Gasteiger charge is -2.25. The summed E-state index contributed by atoms with van der Waals surface area (Å²) in [6.07, 6.45) is 7.14. The topological polar surface area (TPSA) is 46.5 Å². The summed E-state index contributed by atoms with van der Waals surface area (Å²) in [6, 6.07) is 3.48. The third-order valence-corrected chi connectivity index (χ3v) is 4.03. The fourth-order valence-electron chi connectivity index (χ4n) is 2.80. The minimum atomic E-state index is -0.120. The van der Waals surface area contributed by atoms with Crippen molar-refractivity contribution in [3.8, 4) is 11.5 Å². The first-order valence-electron chi connectivity index (χ1n) is 7.73. The third-order valence-electron chi connectivity index (χ3n) is 4.03. The number of phenols is 1. The number of ether oxygens (including phenoxy) is 1. The van der Waals surface area contributed by atoms with Crippen molar-refractivity contribution >= 4 is 5.78 Å². The van der Waals surface area contributed by atoms with Crippen molar-refractivity contribution in [2.45, 2.75) is 59.0 Å². The quantitative estimate of drug-likeness (QED) is 0.644. The summed E-state index contributed by atoms with van der Waals surface area (Å²) in [6.45, 7) is 5.61. The highest BCUT2D eigenvalue weighted by atomic mass is 16.5. The van der Waals surface area contributed by atoms with Crippen molar-refractivity contribution in [1.82, 2.24) is 0 Å². The molecular formula is C18H24O3. The molecule has 1 unspecified atom stereocenters. The molecule has 3 nitrogen and oxygen atoms in total. The first-order valence-corrected chi connectivity index (χ1v) is 7.73. The number of hydrogen-bond acceptors (Lipinski definition) is 3. The van der Waals surface area contributed by atoms with E-state index in [9.17, 15) is 9.90 Å². The maximum absolute atomic E-state index is 11.6. The molecule has 0 spiro atoms. The SMILES string of the molecule is CCCc1c(OC2CCCC=C2C)ccc(C(C)=O)c1O. The standard InChI is InChI=1S/C18H24O3/c1-4-7-15-17(11-10-14(13(3)19)18(15)20)21-16-9-6-5-8-12(16)2/h8,10-11,16,20H,4-7,9H2,1-3H3. The van der Waals surface area contributed by atoms with Crippen LogP contribution < -0.4 is 4.74 Å². The number of ketones is 1. The van der Waals surface area contributed by atoms with Crippen LogP contribution in [-0.4, -0.2) is 17.0 Å². The van der Waals surface area contributed by atoms with Gasteiger partial charge in [0.2, 0.25) is 0 Å². The average Bonchev–Trinajstić information content (AvgIpc) is 2.45. The van der Waals surface area contributed by atoms with Crippen LogP contribution in [0.4, 0.5) is 0 Å². The Bertz CT molecular complexity index is 558. The lowest BCUT2D eigenvalue weighted by molar-refractivity contribution is 0.101. The van der Waals surface area contributed by atoms with Crippen LogP contribution in [0.5, 0.6) is 11.5 Å². The van der Waals surface area contributed by atoms with E-state index in [0.29, 0.717) is 17.7 Å². The molecule has 0 saturated carbocycles. The largest absolute Gasteiger partial charge is 0.507 e. The van der Waals surface area contributed by atoms with Gasteiger partial charge in [0.15, 0.2) is 5.78 Å². The number of benzene rings is 1. The molecular weight excluding hydrogens is 264 g/mol. The molecule has 1 aliphatic rings. The number of carbonyl (C=O) groups excluding carboxylic acids is 1. The summed E-state index contributed by atoms with van der Waals surface area (Å²) in [5.41, 5.74) is 2.38. The zero-order valence-corrected chi connectivity index (χ0v) is 13.1. The zero-order valence-electron chi connectivity index (χ0n) is 13.1. The second kappa shape index (κ2) is 6.79. The highest BCUT2D eigenvalue weighted by Gasteiger charge is 2.20. The van der Waals surface area contributed by atoms with E-state index in [4.69, 9.17) is 4.74 Å². The third kappa shape index (κ3) is 3.46. The van der Waals surface area contributed by atoms with Gasteiger partial charge in [0.25, 0.3) is 0 Å². The normalized spacial score (nSPS) is 18.2. The zero-order chi connectivity index (χ0) is 15.4. The van der Waals surface area contributed by atoms with Gasteiger partial charge in [0.1, 0.15) is 17.6 Å². The molecule has 3 heteroatoms. The summed E-state index contributed by atoms with van der Waals surface area (Å²) in [5, 5.41) is 10.4. The maximum atomic E-state index is 11.6. The Kier molecular flexibility index (Phi) is 5.05. The Morgan fingerprint density at radius 3 is 2.81 bits per heavy atom. The van der Waals surface area contributed by atoms with Crippen molar-refractivity contribution in [2.75, 3.05) is 0 Å². The van der Waals surface area contributed by atoms with Crippen molar-refractivity contribution in [2.24, 2.45) is 0 Å². The minimum Gasteiger partial charge on any atom is -0.507 e. The molecule has 2 rings (SSSR count). The lowest BCUT2D eigenvalue weighted by atomic mass is 9.97. The van der Waals surface area contributed by atoms with E-state index in [1.807, 2.05) is 6.07 Å². The van der Waals surface area contributed by atoms with Crippen LogP contribution in [0.25, 0.3) is 0 Å². The number of aromatic hydroxyl groups is 1. The van der Waals surface area contributed by atoms with Crippen LogP contribution >= 0.6 is 0 Å². The van der Waals surface area contributed by atoms with Gasteiger partial charge in [-0.25, -0.2) is 0 Å². The van der Waals surface area contributed by atoms with Gasteiger partial charge >= 0.3 is 0 Å². The summed E-state index contributed by atoms with van der Waals surface area (Å²) in [4.78, 5) is 11.6. The van der Waals surface area contributed by atoms with E-state index >= 15 is 0 Å². The van der Waals surface area contributed by atoms with E-state index < -0.39 is 0 Å². The summed E-state index contributed by atoms with van der Waals surface area (Å²) in [7, 11) is 0. The van der Waals surface area contributed by atoms with E-state index in [1.165, 1.54) is 12.5 Å². The van der Waals surface area contributed by atoms with Gasteiger partial charge in [-0.2, -0.15) is 0 Å². The first-order chi connectivity index (χ1) is 10.0. The molecule has 0 saturated heterocycles. The lowest BCUT2D eigenvalue weighted by Crippen LogP contribution is -2.21. The Labute approximate surface area is 126 Å². The van der Waals surface area contributed by atoms with Gasteiger partial charge in [0.05, 0.1) is 5.56 Å². The molecule has 1 aliphatic carbocycles. The van der Waals surface area contributed by atoms with E-state index in [2.05, 4.69) is 19.9 Å². The average molecular weight is 288 g/mol. The molecule has 1 N–H and O–H groups in total. The van der Waals surface area contributed by atoms with Crippen LogP contribution in [0.1, 0.15) is 62.4 Å². The van der Waals surface area contributed by atoms with E-state index in [0.717, 1.165) is 31.2 Å². The molecule has 21 heavy (non-hydrogen) atoms. The molecule has 0 amide bonds. The van der Waals surface area contributed by atoms with Gasteiger partial charge in [-0.05, 0) is 57.2 Å². The molecule has 0 fully saturated rings. The first kappa shape index (κ1) is 15.6. The predicted molar refractivity (Wildman–Crippen MR) is 84.1 cm³/mol. The molecule has 0 radical (unpaired) electrons. The fourth-order valence-corrected chi connectivity index (χ4v) is 2.80. The summed E-state index contributed by atoms with van der Waals surface area (Å²) in [5.74, 6) is 0.670. The number of carbonyl (C=O) groups is 1. The molecule has 0 aromatic heterocycles. The van der Waals surface area contributed by atoms with Crippen LogP contribution in [-0.2, 0) is 6.42 Å². The second-order valence-corrected chi connectivity index (χ2v) is 5.73. The van der Waals surface area contributed by atoms with Crippen molar-refractivity contribution < 1.29 is 14.6 Å². The molecule has 0 aliphatic heterocycles. The summed E-state index contributed by atoms with van der Waals surface area (Å²) >= 11 is 0. The van der Waals surface area contributed by atoms with Gasteiger partial charge in [0, 0.05) is 5.56 Å². The minimum absolute atomic E-state index is 0.0805. The number of hydrogen-bond donors (Lipinski definition) is 1. The smallest absolute Gasteiger partial charge is 0.163 e. The Balaban J connectivity index is 2.34. The van der Waals surface area contributed by atoms with Gasteiger partial charge in [-0.3, -0.25) is 4.79 Å². The van der Waals surface area contributed by atoms with Gasteiger partial charge < -0.3 is 9.84 Å². The molecule has 1 aromatic rings. The van der Waals surface area contributed by atoms with Crippen LogP contribution in [0.3, 0.4) is 0 Å². The Morgan fingerprint density at radius 2 is 2.19 bits per heavy atom. The second-order valence-electron chi connectivity index (χ2n) is 5.73. The van der Waals surface area contributed by atoms with Crippen LogP contribution in [0, 0.1) is 0 Å². The Morgan fingerprint density at radius 1 is 1.43 bits per heavy atom. The van der Waals surface area contributed by atoms with E-state index in [1.54, 1.807) is 6.07 Å². The number of rotatable bonds is 5. The van der Waals surface area contributed by atoms with Crippen molar-refractivity contribution in [3.63, 3.8) is 0 Å². The van der Waals surface area contributed by atoms with Gasteiger partial charge in [-0.1, -0.05) is 19.4 Å². The molecule has 1 aromatic carbocycles. The number of phenolic OH excluding ortho intramolecular Hbond substituents is 1.